The second kappa shape index (κ2) is 13.5. The Balaban J connectivity index is 1.41. The van der Waals surface area contributed by atoms with Crippen LogP contribution in [0.15, 0.2) is 85.5 Å². The summed E-state index contributed by atoms with van der Waals surface area (Å²) < 4.78 is 21.3. The first-order valence-corrected chi connectivity index (χ1v) is 11.6. The van der Waals surface area contributed by atoms with Crippen molar-refractivity contribution in [3.05, 3.63) is 102 Å². The van der Waals surface area contributed by atoms with Gasteiger partial charge in [0.05, 0.1) is 24.3 Å². The number of esters is 3. The molecule has 0 amide bonds. The van der Waals surface area contributed by atoms with Crippen LogP contribution in [0.4, 0.5) is 0 Å². The van der Waals surface area contributed by atoms with Crippen molar-refractivity contribution in [2.24, 2.45) is 0 Å². The first-order valence-electron chi connectivity index (χ1n) is 11.6. The van der Waals surface area contributed by atoms with Crippen LogP contribution < -0.4 is 14.2 Å². The van der Waals surface area contributed by atoms with Gasteiger partial charge in [0.15, 0.2) is 0 Å². The normalized spacial score (nSPS) is 10.2. The Morgan fingerprint density at radius 1 is 0.667 bits per heavy atom. The minimum absolute atomic E-state index is 0.311. The molecule has 0 spiro atoms. The predicted molar refractivity (Wildman–Crippen MR) is 134 cm³/mol. The maximum Gasteiger partial charge on any atom is 0.343 e. The Bertz CT molecular complexity index is 1160. The van der Waals surface area contributed by atoms with E-state index < -0.39 is 17.9 Å². The lowest BCUT2D eigenvalue weighted by atomic mass is 10.2. The van der Waals surface area contributed by atoms with Gasteiger partial charge in [0.1, 0.15) is 17.2 Å². The molecular formula is C29H28O7. The van der Waals surface area contributed by atoms with Gasteiger partial charge in [0, 0.05) is 6.08 Å². The van der Waals surface area contributed by atoms with Crippen molar-refractivity contribution in [3.8, 4) is 17.2 Å². The van der Waals surface area contributed by atoms with Crippen LogP contribution in [-0.4, -0.2) is 31.1 Å². The number of benzene rings is 3. The van der Waals surface area contributed by atoms with E-state index in [4.69, 9.17) is 18.9 Å². The highest BCUT2D eigenvalue weighted by Crippen LogP contribution is 2.19. The fraction of sp³-hybridized carbons (Fsp3) is 0.207. The molecule has 3 aromatic rings. The molecule has 186 valence electrons. The summed E-state index contributed by atoms with van der Waals surface area (Å²) in [4.78, 5) is 35.7. The van der Waals surface area contributed by atoms with Gasteiger partial charge >= 0.3 is 17.9 Å². The molecule has 7 heteroatoms. The van der Waals surface area contributed by atoms with Gasteiger partial charge in [-0.05, 0) is 86.8 Å². The van der Waals surface area contributed by atoms with Crippen molar-refractivity contribution < 1.29 is 33.3 Å². The van der Waals surface area contributed by atoms with Crippen LogP contribution in [0.1, 0.15) is 45.5 Å². The lowest BCUT2D eigenvalue weighted by Gasteiger charge is -2.08. The summed E-state index contributed by atoms with van der Waals surface area (Å²) in [7, 11) is 0. The minimum Gasteiger partial charge on any atom is -0.494 e. The first-order chi connectivity index (χ1) is 17.4. The number of hydrogen-bond acceptors (Lipinski definition) is 7. The van der Waals surface area contributed by atoms with E-state index in [2.05, 4.69) is 6.58 Å². The number of unbranched alkanes of at least 4 members (excludes halogenated alkanes) is 2. The van der Waals surface area contributed by atoms with Crippen molar-refractivity contribution in [1.29, 1.82) is 0 Å². The second-order valence-corrected chi connectivity index (χ2v) is 7.92. The summed E-state index contributed by atoms with van der Waals surface area (Å²) in [5, 5.41) is 0. The van der Waals surface area contributed by atoms with Gasteiger partial charge in [-0.25, -0.2) is 14.4 Å². The molecule has 3 aromatic carbocycles. The third-order valence-electron chi connectivity index (χ3n) is 5.09. The van der Waals surface area contributed by atoms with Gasteiger partial charge in [-0.1, -0.05) is 24.3 Å². The topological polar surface area (TPSA) is 88.1 Å². The lowest BCUT2D eigenvalue weighted by Crippen LogP contribution is -2.10. The van der Waals surface area contributed by atoms with E-state index >= 15 is 0 Å². The van der Waals surface area contributed by atoms with E-state index in [0.29, 0.717) is 41.6 Å². The molecular weight excluding hydrogens is 460 g/mol. The van der Waals surface area contributed by atoms with E-state index in [1.54, 1.807) is 60.7 Å². The third kappa shape index (κ3) is 8.43. The highest BCUT2D eigenvalue weighted by Gasteiger charge is 2.12. The molecule has 0 saturated heterocycles. The summed E-state index contributed by atoms with van der Waals surface area (Å²) in [5.74, 6) is -0.0262. The van der Waals surface area contributed by atoms with Crippen LogP contribution in [0.25, 0.3) is 0 Å². The van der Waals surface area contributed by atoms with Crippen LogP contribution in [0.3, 0.4) is 0 Å². The number of carbonyl (C=O) groups excluding carboxylic acids is 3. The molecule has 0 aliphatic rings. The SMILES string of the molecule is C=CC(=O)OCCCCCOc1ccc(C(=O)Oc2ccc(C(=O)Oc3ccc(C)cc3)cc2)cc1. The monoisotopic (exact) mass is 488 g/mol. The van der Waals surface area contributed by atoms with Gasteiger partial charge in [-0.2, -0.15) is 0 Å². The van der Waals surface area contributed by atoms with E-state index in [1.807, 2.05) is 19.1 Å². The molecule has 36 heavy (non-hydrogen) atoms. The highest BCUT2D eigenvalue weighted by molar-refractivity contribution is 5.92. The van der Waals surface area contributed by atoms with Crippen LogP contribution in [0.5, 0.6) is 17.2 Å². The van der Waals surface area contributed by atoms with E-state index in [-0.39, 0.29) is 0 Å². The van der Waals surface area contributed by atoms with Crippen LogP contribution >= 0.6 is 0 Å². The molecule has 0 atom stereocenters. The fourth-order valence-corrected chi connectivity index (χ4v) is 3.09. The van der Waals surface area contributed by atoms with Crippen LogP contribution in [0.2, 0.25) is 0 Å². The number of ether oxygens (including phenoxy) is 4. The molecule has 0 aliphatic carbocycles. The van der Waals surface area contributed by atoms with Crippen LogP contribution in [-0.2, 0) is 9.53 Å². The molecule has 0 fully saturated rings. The average Bonchev–Trinajstić information content (AvgIpc) is 2.90. The Hall–Kier alpha value is -4.39. The van der Waals surface area contributed by atoms with Gasteiger partial charge < -0.3 is 18.9 Å². The molecule has 0 aliphatic heterocycles. The van der Waals surface area contributed by atoms with E-state index in [1.165, 1.54) is 0 Å². The third-order valence-corrected chi connectivity index (χ3v) is 5.09. The van der Waals surface area contributed by atoms with E-state index in [9.17, 15) is 14.4 Å². The van der Waals surface area contributed by atoms with Gasteiger partial charge in [-0.3, -0.25) is 0 Å². The van der Waals surface area contributed by atoms with Gasteiger partial charge in [-0.15, -0.1) is 0 Å². The summed E-state index contributed by atoms with van der Waals surface area (Å²) in [6, 6.07) is 20.0. The zero-order valence-electron chi connectivity index (χ0n) is 20.1. The van der Waals surface area contributed by atoms with Crippen molar-refractivity contribution in [2.75, 3.05) is 13.2 Å². The Labute approximate surface area is 210 Å². The maximum atomic E-state index is 12.4. The number of aryl methyl sites for hydroxylation is 1. The maximum absolute atomic E-state index is 12.4. The average molecular weight is 489 g/mol. The van der Waals surface area contributed by atoms with E-state index in [0.717, 1.165) is 30.9 Å². The van der Waals surface area contributed by atoms with Gasteiger partial charge in [0.2, 0.25) is 0 Å². The molecule has 0 heterocycles. The Morgan fingerprint density at radius 2 is 1.14 bits per heavy atom. The number of rotatable bonds is 12. The van der Waals surface area contributed by atoms with Crippen molar-refractivity contribution >= 4 is 17.9 Å². The van der Waals surface area contributed by atoms with Crippen LogP contribution in [0, 0.1) is 6.92 Å². The largest absolute Gasteiger partial charge is 0.494 e. The number of carbonyl (C=O) groups is 3. The predicted octanol–water partition coefficient (Wildman–Crippen LogP) is 5.71. The first kappa shape index (κ1) is 26.2. The zero-order chi connectivity index (χ0) is 25.8. The smallest absolute Gasteiger partial charge is 0.343 e. The summed E-state index contributed by atoms with van der Waals surface area (Å²) in [5.41, 5.74) is 1.78. The van der Waals surface area contributed by atoms with Crippen molar-refractivity contribution in [2.45, 2.75) is 26.2 Å². The molecule has 0 aromatic heterocycles. The fourth-order valence-electron chi connectivity index (χ4n) is 3.09. The molecule has 0 bridgehead atoms. The molecule has 0 saturated carbocycles. The molecule has 0 N–H and O–H groups in total. The highest BCUT2D eigenvalue weighted by atomic mass is 16.5. The molecule has 3 rings (SSSR count). The van der Waals surface area contributed by atoms with Crippen molar-refractivity contribution in [1.82, 2.24) is 0 Å². The standard InChI is InChI=1S/C29H28O7/c1-3-27(30)34-20-6-4-5-19-33-24-15-9-22(10-16-24)28(31)36-26-17-11-23(12-18-26)29(32)35-25-13-7-21(2)8-14-25/h3,7-18H,1,4-6,19-20H2,2H3. The Kier molecular flexibility index (Phi) is 9.82. The Morgan fingerprint density at radius 3 is 1.67 bits per heavy atom. The van der Waals surface area contributed by atoms with Crippen molar-refractivity contribution in [3.63, 3.8) is 0 Å². The molecule has 0 unspecified atom stereocenters. The molecule has 0 radical (unpaired) electrons. The summed E-state index contributed by atoms with van der Waals surface area (Å²) in [6.45, 7) is 6.17. The molecule has 7 nitrogen and oxygen atoms in total. The van der Waals surface area contributed by atoms with Gasteiger partial charge in [0.25, 0.3) is 0 Å². The summed E-state index contributed by atoms with van der Waals surface area (Å²) >= 11 is 0. The second-order valence-electron chi connectivity index (χ2n) is 7.92. The number of hydrogen-bond donors (Lipinski definition) is 0. The summed E-state index contributed by atoms with van der Waals surface area (Å²) in [6.07, 6.45) is 3.56. The quantitative estimate of drug-likeness (QED) is 0.140. The zero-order valence-corrected chi connectivity index (χ0v) is 20.1. The lowest BCUT2D eigenvalue weighted by molar-refractivity contribution is -0.137. The minimum atomic E-state index is -0.523.